The lowest BCUT2D eigenvalue weighted by molar-refractivity contribution is -0.138. The minimum Gasteiger partial charge on any atom is -0.481 e. The average molecular weight is 302 g/mol. The lowest BCUT2D eigenvalue weighted by atomic mass is 10.0. The first-order chi connectivity index (χ1) is 8.97. The van der Waals surface area contributed by atoms with Gasteiger partial charge in [-0.25, -0.2) is 0 Å². The van der Waals surface area contributed by atoms with Crippen molar-refractivity contribution in [1.82, 2.24) is 4.90 Å². The highest BCUT2D eigenvalue weighted by molar-refractivity contribution is 6.33. The van der Waals surface area contributed by atoms with Crippen LogP contribution in [0.5, 0.6) is 0 Å². The molecule has 2 unspecified atom stereocenters. The molecule has 104 valence electrons. The van der Waals surface area contributed by atoms with Crippen LogP contribution in [0.25, 0.3) is 0 Å². The van der Waals surface area contributed by atoms with Crippen molar-refractivity contribution in [3.05, 3.63) is 33.8 Å². The van der Waals surface area contributed by atoms with Crippen molar-refractivity contribution in [1.29, 1.82) is 0 Å². The lowest BCUT2D eigenvalue weighted by Gasteiger charge is -2.25. The Morgan fingerprint density at radius 1 is 1.53 bits per heavy atom. The van der Waals surface area contributed by atoms with Crippen LogP contribution in [0.2, 0.25) is 10.0 Å². The molecule has 1 aromatic carbocycles. The number of halogens is 2. The minimum atomic E-state index is -0.722. The van der Waals surface area contributed by atoms with Gasteiger partial charge in [0.1, 0.15) is 0 Å². The van der Waals surface area contributed by atoms with Crippen LogP contribution in [0, 0.1) is 5.92 Å². The third-order valence-corrected chi connectivity index (χ3v) is 4.32. The van der Waals surface area contributed by atoms with Gasteiger partial charge in [0, 0.05) is 29.1 Å². The molecule has 0 spiro atoms. The van der Waals surface area contributed by atoms with Crippen LogP contribution >= 0.6 is 23.2 Å². The largest absolute Gasteiger partial charge is 0.481 e. The Labute approximate surface area is 123 Å². The van der Waals surface area contributed by atoms with E-state index in [-0.39, 0.29) is 18.4 Å². The summed E-state index contributed by atoms with van der Waals surface area (Å²) in [5, 5.41) is 10.2. The first-order valence-corrected chi connectivity index (χ1v) is 7.13. The smallest absolute Gasteiger partial charge is 0.303 e. The van der Waals surface area contributed by atoms with Crippen molar-refractivity contribution in [2.75, 3.05) is 13.1 Å². The van der Waals surface area contributed by atoms with Crippen LogP contribution in [-0.4, -0.2) is 29.1 Å². The Hall–Kier alpha value is -0.770. The molecule has 19 heavy (non-hydrogen) atoms. The molecule has 1 fully saturated rings. The minimum absolute atomic E-state index is 0.157. The van der Waals surface area contributed by atoms with E-state index in [2.05, 4.69) is 11.8 Å². The molecular weight excluding hydrogens is 285 g/mol. The van der Waals surface area contributed by atoms with Crippen molar-refractivity contribution in [2.24, 2.45) is 5.92 Å². The highest BCUT2D eigenvalue weighted by Gasteiger charge is 2.28. The van der Waals surface area contributed by atoms with Gasteiger partial charge >= 0.3 is 5.97 Å². The van der Waals surface area contributed by atoms with E-state index in [4.69, 9.17) is 28.3 Å². The quantitative estimate of drug-likeness (QED) is 0.918. The van der Waals surface area contributed by atoms with E-state index in [1.807, 2.05) is 6.07 Å². The van der Waals surface area contributed by atoms with E-state index in [0.717, 1.165) is 25.1 Å². The predicted molar refractivity (Wildman–Crippen MR) is 76.8 cm³/mol. The third kappa shape index (κ3) is 3.62. The fraction of sp³-hybridized carbons (Fsp3) is 0.500. The summed E-state index contributed by atoms with van der Waals surface area (Å²) in [4.78, 5) is 13.0. The number of aliphatic carboxylic acids is 1. The summed E-state index contributed by atoms with van der Waals surface area (Å²) in [6.07, 6.45) is 1.17. The van der Waals surface area contributed by atoms with Crippen LogP contribution < -0.4 is 0 Å². The monoisotopic (exact) mass is 301 g/mol. The molecule has 1 N–H and O–H groups in total. The summed E-state index contributed by atoms with van der Waals surface area (Å²) in [5.41, 5.74) is 1.00. The van der Waals surface area contributed by atoms with Crippen LogP contribution in [0.15, 0.2) is 18.2 Å². The summed E-state index contributed by atoms with van der Waals surface area (Å²) in [6, 6.07) is 5.63. The second-order valence-electron chi connectivity index (χ2n) is 5.09. The number of likely N-dealkylation sites (tertiary alicyclic amines) is 1. The van der Waals surface area contributed by atoms with Gasteiger partial charge in [-0.15, -0.1) is 0 Å². The van der Waals surface area contributed by atoms with Gasteiger partial charge in [0.25, 0.3) is 0 Å². The Bertz CT molecular complexity index is 479. The maximum Gasteiger partial charge on any atom is 0.303 e. The molecule has 0 bridgehead atoms. The lowest BCUT2D eigenvalue weighted by Crippen LogP contribution is -2.25. The number of hydrogen-bond acceptors (Lipinski definition) is 2. The third-order valence-electron chi connectivity index (χ3n) is 3.74. The molecule has 0 amide bonds. The van der Waals surface area contributed by atoms with Gasteiger partial charge in [0.2, 0.25) is 0 Å². The SMILES string of the molecule is CC(c1cc(Cl)ccc1Cl)N1CCC(CC(=O)O)C1. The van der Waals surface area contributed by atoms with E-state index in [9.17, 15) is 4.79 Å². The maximum absolute atomic E-state index is 10.7. The second kappa shape index (κ2) is 6.12. The Morgan fingerprint density at radius 2 is 2.26 bits per heavy atom. The molecule has 0 aromatic heterocycles. The van der Waals surface area contributed by atoms with E-state index in [0.29, 0.717) is 10.0 Å². The van der Waals surface area contributed by atoms with Crippen LogP contribution in [0.1, 0.15) is 31.4 Å². The number of carbonyl (C=O) groups is 1. The van der Waals surface area contributed by atoms with Gasteiger partial charge in [0.05, 0.1) is 0 Å². The standard InChI is InChI=1S/C14H17Cl2NO2/c1-9(12-7-11(15)2-3-13(12)16)17-5-4-10(8-17)6-14(18)19/h2-3,7,9-10H,4-6,8H2,1H3,(H,18,19). The molecule has 1 aliphatic heterocycles. The van der Waals surface area contributed by atoms with Gasteiger partial charge in [0.15, 0.2) is 0 Å². The summed E-state index contributed by atoms with van der Waals surface area (Å²) in [6.45, 7) is 3.79. The first-order valence-electron chi connectivity index (χ1n) is 6.38. The van der Waals surface area contributed by atoms with Gasteiger partial charge in [-0.05, 0) is 49.6 Å². The average Bonchev–Trinajstić information content (AvgIpc) is 2.79. The Balaban J connectivity index is 2.06. The molecule has 3 nitrogen and oxygen atoms in total. The van der Waals surface area contributed by atoms with Gasteiger partial charge in [-0.3, -0.25) is 9.69 Å². The zero-order valence-electron chi connectivity index (χ0n) is 10.8. The fourth-order valence-corrected chi connectivity index (χ4v) is 3.12. The van der Waals surface area contributed by atoms with E-state index < -0.39 is 5.97 Å². The van der Waals surface area contributed by atoms with E-state index in [1.165, 1.54) is 0 Å². The van der Waals surface area contributed by atoms with Gasteiger partial charge in [-0.1, -0.05) is 23.2 Å². The normalized spacial score (nSPS) is 21.5. The molecular formula is C14H17Cl2NO2. The summed E-state index contributed by atoms with van der Waals surface area (Å²) in [5.74, 6) is -0.488. The molecule has 2 rings (SSSR count). The van der Waals surface area contributed by atoms with Crippen LogP contribution in [0.4, 0.5) is 0 Å². The molecule has 2 atom stereocenters. The van der Waals surface area contributed by atoms with E-state index >= 15 is 0 Å². The molecule has 1 heterocycles. The molecule has 1 saturated heterocycles. The predicted octanol–water partition coefficient (Wildman–Crippen LogP) is 3.85. The first kappa shape index (κ1) is 14.6. The van der Waals surface area contributed by atoms with Gasteiger partial charge in [-0.2, -0.15) is 0 Å². The van der Waals surface area contributed by atoms with Crippen molar-refractivity contribution in [3.63, 3.8) is 0 Å². The van der Waals surface area contributed by atoms with Gasteiger partial charge < -0.3 is 5.11 Å². The molecule has 1 aliphatic rings. The Kier molecular flexibility index (Phi) is 4.71. The number of nitrogens with zero attached hydrogens (tertiary/aromatic N) is 1. The summed E-state index contributed by atoms with van der Waals surface area (Å²) in [7, 11) is 0. The second-order valence-corrected chi connectivity index (χ2v) is 5.93. The Morgan fingerprint density at radius 3 is 2.95 bits per heavy atom. The van der Waals surface area contributed by atoms with Crippen molar-refractivity contribution in [2.45, 2.75) is 25.8 Å². The fourth-order valence-electron chi connectivity index (χ4n) is 2.66. The maximum atomic E-state index is 10.7. The topological polar surface area (TPSA) is 40.5 Å². The number of carboxylic acid groups (broad SMARTS) is 1. The molecule has 5 heteroatoms. The van der Waals surface area contributed by atoms with Crippen molar-refractivity contribution >= 4 is 29.2 Å². The van der Waals surface area contributed by atoms with E-state index in [1.54, 1.807) is 12.1 Å². The van der Waals surface area contributed by atoms with Crippen LogP contribution in [-0.2, 0) is 4.79 Å². The molecule has 0 saturated carbocycles. The number of hydrogen-bond donors (Lipinski definition) is 1. The highest BCUT2D eigenvalue weighted by Crippen LogP contribution is 2.33. The van der Waals surface area contributed by atoms with Crippen LogP contribution in [0.3, 0.4) is 0 Å². The number of benzene rings is 1. The zero-order valence-corrected chi connectivity index (χ0v) is 12.3. The summed E-state index contributed by atoms with van der Waals surface area (Å²) < 4.78 is 0. The number of rotatable bonds is 4. The zero-order chi connectivity index (χ0) is 14.0. The van der Waals surface area contributed by atoms with Crippen molar-refractivity contribution < 1.29 is 9.90 Å². The highest BCUT2D eigenvalue weighted by atomic mass is 35.5. The molecule has 0 radical (unpaired) electrons. The van der Waals surface area contributed by atoms with Crippen molar-refractivity contribution in [3.8, 4) is 0 Å². The summed E-state index contributed by atoms with van der Waals surface area (Å²) >= 11 is 12.2. The molecule has 1 aromatic rings. The molecule has 0 aliphatic carbocycles. The number of carboxylic acids is 1.